The van der Waals surface area contributed by atoms with Crippen molar-refractivity contribution in [2.75, 3.05) is 11.9 Å². The highest BCUT2D eigenvalue weighted by atomic mass is 16.3. The molecule has 1 N–H and O–H groups in total. The predicted octanol–water partition coefficient (Wildman–Crippen LogP) is 3.80. The van der Waals surface area contributed by atoms with Crippen LogP contribution in [0.2, 0.25) is 0 Å². The van der Waals surface area contributed by atoms with E-state index in [1.807, 2.05) is 6.07 Å². The van der Waals surface area contributed by atoms with Crippen LogP contribution in [0.15, 0.2) is 47.3 Å². The van der Waals surface area contributed by atoms with Gasteiger partial charge in [0.25, 0.3) is 0 Å². The molecule has 0 aliphatic heterocycles. The fourth-order valence-electron chi connectivity index (χ4n) is 1.98. The van der Waals surface area contributed by atoms with Crippen LogP contribution < -0.4 is 10.2 Å². The van der Waals surface area contributed by atoms with Crippen molar-refractivity contribution >= 4 is 5.69 Å². The zero-order chi connectivity index (χ0) is 14.6. The molecule has 20 heavy (non-hydrogen) atoms. The number of hydrogen-bond acceptors (Lipinski definition) is 3. The van der Waals surface area contributed by atoms with E-state index in [1.165, 1.54) is 16.8 Å². The van der Waals surface area contributed by atoms with E-state index >= 15 is 0 Å². The second kappa shape index (κ2) is 6.14. The van der Waals surface area contributed by atoms with E-state index in [4.69, 9.17) is 4.42 Å². The maximum absolute atomic E-state index is 5.10. The molecule has 0 radical (unpaired) electrons. The average Bonchev–Trinajstić information content (AvgIpc) is 2.89. The number of nitrogens with one attached hydrogen (secondary N) is 1. The molecule has 1 aromatic heterocycles. The maximum atomic E-state index is 5.10. The topological polar surface area (TPSA) is 28.4 Å². The van der Waals surface area contributed by atoms with Gasteiger partial charge in [-0.25, -0.2) is 0 Å². The molecule has 1 aromatic carbocycles. The van der Waals surface area contributed by atoms with Crippen LogP contribution in [0, 0.1) is 0 Å². The highest BCUT2D eigenvalue weighted by Gasteiger charge is 2.08. The van der Waals surface area contributed by atoms with Gasteiger partial charge in [-0.15, -0.1) is 0 Å². The lowest BCUT2D eigenvalue weighted by Gasteiger charge is -2.21. The molecule has 0 spiro atoms. The standard InChI is InChI=1S/C17H24N2O/c1-17(2,3)18-11-14-5-7-16(8-6-14)19(4)12-15-9-10-20-13-15/h5-10,13,18H,11-12H2,1-4H3. The van der Waals surface area contributed by atoms with Gasteiger partial charge < -0.3 is 14.6 Å². The Hall–Kier alpha value is -1.74. The molecule has 0 saturated carbocycles. The van der Waals surface area contributed by atoms with Crippen LogP contribution in [-0.4, -0.2) is 12.6 Å². The third-order valence-electron chi connectivity index (χ3n) is 3.20. The first kappa shape index (κ1) is 14.7. The molecule has 0 bridgehead atoms. The molecule has 1 heterocycles. The van der Waals surface area contributed by atoms with E-state index in [0.29, 0.717) is 0 Å². The molecular formula is C17H24N2O. The van der Waals surface area contributed by atoms with Crippen molar-refractivity contribution in [3.8, 4) is 0 Å². The number of rotatable bonds is 5. The minimum atomic E-state index is 0.150. The van der Waals surface area contributed by atoms with Gasteiger partial charge in [0.1, 0.15) is 0 Å². The van der Waals surface area contributed by atoms with Crippen molar-refractivity contribution in [3.05, 3.63) is 54.0 Å². The predicted molar refractivity (Wildman–Crippen MR) is 83.8 cm³/mol. The molecule has 108 valence electrons. The van der Waals surface area contributed by atoms with Crippen molar-refractivity contribution in [3.63, 3.8) is 0 Å². The van der Waals surface area contributed by atoms with E-state index < -0.39 is 0 Å². The van der Waals surface area contributed by atoms with Gasteiger partial charge in [-0.05, 0) is 44.5 Å². The van der Waals surface area contributed by atoms with E-state index in [9.17, 15) is 0 Å². The molecule has 2 aromatic rings. The van der Waals surface area contributed by atoms with Gasteiger partial charge in [-0.2, -0.15) is 0 Å². The Balaban J connectivity index is 1.93. The molecule has 0 aliphatic carbocycles. The summed E-state index contributed by atoms with van der Waals surface area (Å²) in [7, 11) is 2.09. The Labute approximate surface area is 121 Å². The van der Waals surface area contributed by atoms with Crippen LogP contribution in [0.3, 0.4) is 0 Å². The summed E-state index contributed by atoms with van der Waals surface area (Å²) in [4.78, 5) is 2.21. The van der Waals surface area contributed by atoms with Gasteiger partial charge in [0.15, 0.2) is 0 Å². The molecule has 0 unspecified atom stereocenters. The van der Waals surface area contributed by atoms with Crippen LogP contribution in [0.25, 0.3) is 0 Å². The molecule has 0 aliphatic rings. The van der Waals surface area contributed by atoms with Gasteiger partial charge in [-0.3, -0.25) is 0 Å². The zero-order valence-corrected chi connectivity index (χ0v) is 12.8. The summed E-state index contributed by atoms with van der Waals surface area (Å²) in [5.41, 5.74) is 3.86. The van der Waals surface area contributed by atoms with Crippen molar-refractivity contribution in [2.24, 2.45) is 0 Å². The van der Waals surface area contributed by atoms with Crippen molar-refractivity contribution in [2.45, 2.75) is 39.4 Å². The van der Waals surface area contributed by atoms with Crippen LogP contribution >= 0.6 is 0 Å². The molecule has 0 fully saturated rings. The Morgan fingerprint density at radius 1 is 1.05 bits per heavy atom. The highest BCUT2D eigenvalue weighted by Crippen LogP contribution is 2.17. The monoisotopic (exact) mass is 272 g/mol. The highest BCUT2D eigenvalue weighted by molar-refractivity contribution is 5.47. The second-order valence-corrected chi connectivity index (χ2v) is 6.26. The third kappa shape index (κ3) is 4.42. The van der Waals surface area contributed by atoms with Crippen molar-refractivity contribution in [1.29, 1.82) is 0 Å². The summed E-state index contributed by atoms with van der Waals surface area (Å²) in [6.07, 6.45) is 3.50. The van der Waals surface area contributed by atoms with Gasteiger partial charge in [0, 0.05) is 36.9 Å². The number of anilines is 1. The smallest absolute Gasteiger partial charge is 0.0952 e. The van der Waals surface area contributed by atoms with E-state index in [0.717, 1.165) is 13.1 Å². The summed E-state index contributed by atoms with van der Waals surface area (Å²) in [6.45, 7) is 8.30. The maximum Gasteiger partial charge on any atom is 0.0952 e. The summed E-state index contributed by atoms with van der Waals surface area (Å²) in [6, 6.07) is 10.7. The average molecular weight is 272 g/mol. The Morgan fingerprint density at radius 3 is 2.30 bits per heavy atom. The SMILES string of the molecule is CN(Cc1ccoc1)c1ccc(CNC(C)(C)C)cc1. The number of nitrogens with zero attached hydrogens (tertiary/aromatic N) is 1. The quantitative estimate of drug-likeness (QED) is 0.897. The molecule has 0 saturated heterocycles. The van der Waals surface area contributed by atoms with Crippen LogP contribution in [-0.2, 0) is 13.1 Å². The summed E-state index contributed by atoms with van der Waals surface area (Å²) in [5.74, 6) is 0. The first-order valence-electron chi connectivity index (χ1n) is 7.00. The second-order valence-electron chi connectivity index (χ2n) is 6.26. The first-order valence-corrected chi connectivity index (χ1v) is 7.00. The summed E-state index contributed by atoms with van der Waals surface area (Å²) in [5, 5.41) is 3.50. The van der Waals surface area contributed by atoms with Gasteiger partial charge >= 0.3 is 0 Å². The summed E-state index contributed by atoms with van der Waals surface area (Å²) < 4.78 is 5.10. The van der Waals surface area contributed by atoms with Crippen molar-refractivity contribution in [1.82, 2.24) is 5.32 Å². The number of hydrogen-bond donors (Lipinski definition) is 1. The summed E-state index contributed by atoms with van der Waals surface area (Å²) >= 11 is 0. The lowest BCUT2D eigenvalue weighted by molar-refractivity contribution is 0.424. The molecule has 0 atom stereocenters. The molecule has 0 amide bonds. The Morgan fingerprint density at radius 2 is 1.75 bits per heavy atom. The van der Waals surface area contributed by atoms with Gasteiger partial charge in [-0.1, -0.05) is 12.1 Å². The molecule has 2 rings (SSSR count). The lowest BCUT2D eigenvalue weighted by atomic mass is 10.1. The van der Waals surface area contributed by atoms with Crippen molar-refractivity contribution < 1.29 is 4.42 Å². The molecule has 3 heteroatoms. The van der Waals surface area contributed by atoms with Gasteiger partial charge in [0.2, 0.25) is 0 Å². The molecular weight excluding hydrogens is 248 g/mol. The minimum absolute atomic E-state index is 0.150. The van der Waals surface area contributed by atoms with Crippen LogP contribution in [0.5, 0.6) is 0 Å². The minimum Gasteiger partial charge on any atom is -0.472 e. The van der Waals surface area contributed by atoms with Crippen LogP contribution in [0.4, 0.5) is 5.69 Å². The zero-order valence-electron chi connectivity index (χ0n) is 12.8. The first-order chi connectivity index (χ1) is 9.44. The van der Waals surface area contributed by atoms with E-state index in [2.05, 4.69) is 62.3 Å². The lowest BCUT2D eigenvalue weighted by Crippen LogP contribution is -2.35. The Kier molecular flexibility index (Phi) is 4.50. The van der Waals surface area contributed by atoms with E-state index in [-0.39, 0.29) is 5.54 Å². The third-order valence-corrected chi connectivity index (χ3v) is 3.20. The Bertz CT molecular complexity index is 509. The number of furan rings is 1. The normalized spacial score (nSPS) is 11.6. The van der Waals surface area contributed by atoms with E-state index in [1.54, 1.807) is 12.5 Å². The largest absolute Gasteiger partial charge is 0.472 e. The van der Waals surface area contributed by atoms with Crippen LogP contribution in [0.1, 0.15) is 31.9 Å². The van der Waals surface area contributed by atoms with Gasteiger partial charge in [0.05, 0.1) is 12.5 Å². The fourth-order valence-corrected chi connectivity index (χ4v) is 1.98. The molecule has 3 nitrogen and oxygen atoms in total. The fraction of sp³-hybridized carbons (Fsp3) is 0.412. The number of benzene rings is 1.